The maximum Gasteiger partial charge on any atom is 0.333 e. The Hall–Kier alpha value is -3.20. The van der Waals surface area contributed by atoms with E-state index in [-0.39, 0.29) is 12.5 Å². The molecule has 1 atom stereocenters. The minimum atomic E-state index is -0.979. The number of carbonyl (C=O) groups excluding carboxylic acids is 1. The van der Waals surface area contributed by atoms with Crippen LogP contribution in [0.1, 0.15) is 25.3 Å². The van der Waals surface area contributed by atoms with E-state index in [0.717, 1.165) is 24.2 Å². The lowest BCUT2D eigenvalue weighted by atomic mass is 10.1. The van der Waals surface area contributed by atoms with E-state index in [0.29, 0.717) is 42.8 Å². The summed E-state index contributed by atoms with van der Waals surface area (Å²) in [4.78, 5) is 27.4. The molecule has 0 saturated heterocycles. The molecule has 3 rings (SSSR count). The molecule has 7 nitrogen and oxygen atoms in total. The number of rotatable bonds is 16. The Morgan fingerprint density at radius 1 is 0.974 bits per heavy atom. The van der Waals surface area contributed by atoms with Crippen molar-refractivity contribution in [1.29, 1.82) is 0 Å². The van der Waals surface area contributed by atoms with E-state index in [1.165, 1.54) is 4.90 Å². The van der Waals surface area contributed by atoms with Crippen LogP contribution in [0.3, 0.4) is 0 Å². The molecule has 9 heteroatoms. The highest BCUT2D eigenvalue weighted by Gasteiger charge is 2.18. The van der Waals surface area contributed by atoms with E-state index >= 15 is 0 Å². The van der Waals surface area contributed by atoms with Crippen molar-refractivity contribution < 1.29 is 24.2 Å². The number of halogens is 1. The van der Waals surface area contributed by atoms with Gasteiger partial charge in [0, 0.05) is 35.2 Å². The highest BCUT2D eigenvalue weighted by Crippen LogP contribution is 2.19. The van der Waals surface area contributed by atoms with Crippen molar-refractivity contribution in [3.63, 3.8) is 0 Å². The van der Waals surface area contributed by atoms with Crippen LogP contribution in [-0.4, -0.2) is 60.2 Å². The third-order valence-electron chi connectivity index (χ3n) is 5.83. The molecule has 2 amide bonds. The van der Waals surface area contributed by atoms with Gasteiger partial charge in [-0.1, -0.05) is 41.9 Å². The van der Waals surface area contributed by atoms with Gasteiger partial charge in [0.15, 0.2) is 6.10 Å². The molecule has 0 saturated carbocycles. The third-order valence-corrected chi connectivity index (χ3v) is 7.18. The number of thioether (sulfide) groups is 1. The number of urea groups is 1. The summed E-state index contributed by atoms with van der Waals surface area (Å²) >= 11 is 7.78. The summed E-state index contributed by atoms with van der Waals surface area (Å²) < 4.78 is 11.2. The average Bonchev–Trinajstić information content (AvgIpc) is 2.94. The molecule has 3 aromatic carbocycles. The average molecular weight is 571 g/mol. The SMILES string of the molecule is CCOC(Cc1ccc(OCCN(CCCCSc2ccccc2)C(=O)Nc2ccc(Cl)cc2)cc1)C(=O)O. The van der Waals surface area contributed by atoms with E-state index in [4.69, 9.17) is 21.1 Å². The number of carboxylic acids is 1. The number of hydrogen-bond acceptors (Lipinski definition) is 5. The normalized spacial score (nSPS) is 11.5. The molecule has 3 aromatic rings. The lowest BCUT2D eigenvalue weighted by Gasteiger charge is -2.23. The molecule has 1 unspecified atom stereocenters. The van der Waals surface area contributed by atoms with Gasteiger partial charge in [0.25, 0.3) is 0 Å². The molecule has 208 valence electrons. The van der Waals surface area contributed by atoms with E-state index < -0.39 is 12.1 Å². The number of hydrogen-bond donors (Lipinski definition) is 2. The molecule has 2 N–H and O–H groups in total. The number of anilines is 1. The first-order valence-corrected chi connectivity index (χ1v) is 14.4. The van der Waals surface area contributed by atoms with Crippen LogP contribution in [0, 0.1) is 0 Å². The zero-order chi connectivity index (χ0) is 27.9. The standard InChI is InChI=1S/C30H35ClN2O5S/c1-2-37-28(29(34)35)22-23-10-16-26(17-11-23)38-20-19-33(30(36)32-25-14-12-24(31)13-15-25)18-6-7-21-39-27-8-4-3-5-9-27/h3-5,8-17,28H,2,6-7,18-22H2,1H3,(H,32,36)(H,34,35). The maximum atomic E-state index is 13.0. The van der Waals surface area contributed by atoms with Gasteiger partial charge in [-0.2, -0.15) is 0 Å². The molecule has 0 aromatic heterocycles. The van der Waals surface area contributed by atoms with Crippen LogP contribution in [0.4, 0.5) is 10.5 Å². The number of amides is 2. The number of ether oxygens (including phenoxy) is 2. The Morgan fingerprint density at radius 3 is 2.36 bits per heavy atom. The Bertz CT molecular complexity index is 1150. The highest BCUT2D eigenvalue weighted by atomic mass is 35.5. The van der Waals surface area contributed by atoms with Crippen molar-refractivity contribution in [3.05, 3.63) is 89.4 Å². The predicted octanol–water partition coefficient (Wildman–Crippen LogP) is 6.86. The summed E-state index contributed by atoms with van der Waals surface area (Å²) in [6.45, 7) is 3.45. The minimum Gasteiger partial charge on any atom is -0.492 e. The second-order valence-electron chi connectivity index (χ2n) is 8.77. The van der Waals surface area contributed by atoms with E-state index in [9.17, 15) is 14.7 Å². The summed E-state index contributed by atoms with van der Waals surface area (Å²) in [6, 6.07) is 24.4. The van der Waals surface area contributed by atoms with Crippen LogP contribution in [0.15, 0.2) is 83.8 Å². The highest BCUT2D eigenvalue weighted by molar-refractivity contribution is 7.99. The zero-order valence-corrected chi connectivity index (χ0v) is 23.6. The van der Waals surface area contributed by atoms with Crippen molar-refractivity contribution >= 4 is 41.1 Å². The number of nitrogens with one attached hydrogen (secondary N) is 1. The number of carbonyl (C=O) groups is 2. The van der Waals surface area contributed by atoms with Gasteiger partial charge in [-0.05, 0) is 79.6 Å². The topological polar surface area (TPSA) is 88.1 Å². The molecule has 0 bridgehead atoms. The quantitative estimate of drug-likeness (QED) is 0.144. The Kier molecular flexibility index (Phi) is 13.0. The van der Waals surface area contributed by atoms with Gasteiger partial charge in [-0.3, -0.25) is 0 Å². The van der Waals surface area contributed by atoms with Crippen molar-refractivity contribution in [3.8, 4) is 5.75 Å². The molecule has 0 fully saturated rings. The number of carboxylic acid groups (broad SMARTS) is 1. The Balaban J connectivity index is 1.50. The first-order valence-electron chi connectivity index (χ1n) is 13.0. The number of benzene rings is 3. The summed E-state index contributed by atoms with van der Waals surface area (Å²) in [6.07, 6.45) is 1.25. The minimum absolute atomic E-state index is 0.192. The van der Waals surface area contributed by atoms with Crippen molar-refractivity contribution in [1.82, 2.24) is 4.90 Å². The van der Waals surface area contributed by atoms with Crippen molar-refractivity contribution in [2.75, 3.05) is 37.4 Å². The molecule has 0 aliphatic carbocycles. The number of nitrogens with zero attached hydrogens (tertiary/aromatic N) is 1. The molecule has 39 heavy (non-hydrogen) atoms. The monoisotopic (exact) mass is 570 g/mol. The van der Waals surface area contributed by atoms with Gasteiger partial charge < -0.3 is 24.8 Å². The van der Waals surface area contributed by atoms with Crippen LogP contribution in [0.25, 0.3) is 0 Å². The summed E-state index contributed by atoms with van der Waals surface area (Å²) in [5, 5.41) is 12.8. The Morgan fingerprint density at radius 2 is 1.69 bits per heavy atom. The smallest absolute Gasteiger partial charge is 0.333 e. The van der Waals surface area contributed by atoms with Crippen LogP contribution in [0.5, 0.6) is 5.75 Å². The third kappa shape index (κ3) is 11.2. The van der Waals surface area contributed by atoms with Gasteiger partial charge in [0.05, 0.1) is 6.54 Å². The number of unbranched alkanes of at least 4 members (excludes halogenated alkanes) is 1. The first kappa shape index (κ1) is 30.3. The van der Waals surface area contributed by atoms with Gasteiger partial charge in [0.1, 0.15) is 12.4 Å². The Labute approximate surface area is 239 Å². The lowest BCUT2D eigenvalue weighted by Crippen LogP contribution is -2.38. The van der Waals surface area contributed by atoms with Gasteiger partial charge in [-0.25, -0.2) is 9.59 Å². The molecular weight excluding hydrogens is 536 g/mol. The first-order chi connectivity index (χ1) is 18.9. The van der Waals surface area contributed by atoms with Gasteiger partial charge >= 0.3 is 12.0 Å². The van der Waals surface area contributed by atoms with Gasteiger partial charge in [-0.15, -0.1) is 11.8 Å². The predicted molar refractivity (Wildman–Crippen MR) is 157 cm³/mol. The van der Waals surface area contributed by atoms with E-state index in [2.05, 4.69) is 17.4 Å². The molecule has 0 aliphatic heterocycles. The molecule has 0 aliphatic rings. The molecule has 0 radical (unpaired) electrons. The van der Waals surface area contributed by atoms with Crippen LogP contribution in [0.2, 0.25) is 5.02 Å². The van der Waals surface area contributed by atoms with Crippen molar-refractivity contribution in [2.45, 2.75) is 37.2 Å². The second-order valence-corrected chi connectivity index (χ2v) is 10.4. The zero-order valence-electron chi connectivity index (χ0n) is 22.1. The lowest BCUT2D eigenvalue weighted by molar-refractivity contribution is -0.149. The molecule has 0 heterocycles. The van der Waals surface area contributed by atoms with Crippen LogP contribution in [-0.2, 0) is 16.0 Å². The molecule has 0 spiro atoms. The summed E-state index contributed by atoms with van der Waals surface area (Å²) in [5.41, 5.74) is 1.53. The fourth-order valence-corrected chi connectivity index (χ4v) is 4.85. The molecular formula is C30H35ClN2O5S. The largest absolute Gasteiger partial charge is 0.492 e. The summed E-state index contributed by atoms with van der Waals surface area (Å²) in [7, 11) is 0. The van der Waals surface area contributed by atoms with Gasteiger partial charge in [0.2, 0.25) is 0 Å². The second kappa shape index (κ2) is 16.7. The van der Waals surface area contributed by atoms with Crippen LogP contribution < -0.4 is 10.1 Å². The van der Waals surface area contributed by atoms with Crippen molar-refractivity contribution in [2.24, 2.45) is 0 Å². The van der Waals surface area contributed by atoms with E-state index in [1.807, 2.05) is 42.1 Å². The number of aliphatic carboxylic acids is 1. The maximum absolute atomic E-state index is 13.0. The summed E-state index contributed by atoms with van der Waals surface area (Å²) in [5.74, 6) is 0.651. The fourth-order valence-electron chi connectivity index (χ4n) is 3.79. The van der Waals surface area contributed by atoms with E-state index in [1.54, 1.807) is 48.2 Å². The van der Waals surface area contributed by atoms with Crippen LogP contribution >= 0.6 is 23.4 Å². The fraction of sp³-hybridized carbons (Fsp3) is 0.333.